The summed E-state index contributed by atoms with van der Waals surface area (Å²) < 4.78 is 7.09. The van der Waals surface area contributed by atoms with Crippen LogP contribution in [0.15, 0.2) is 42.6 Å². The van der Waals surface area contributed by atoms with Crippen LogP contribution in [0.3, 0.4) is 0 Å². The summed E-state index contributed by atoms with van der Waals surface area (Å²) in [6.07, 6.45) is 1.72. The van der Waals surface area contributed by atoms with Crippen LogP contribution in [-0.4, -0.2) is 22.2 Å². The molecule has 0 aliphatic heterocycles. The van der Waals surface area contributed by atoms with Crippen molar-refractivity contribution in [3.05, 3.63) is 48.3 Å². The molecule has 0 spiro atoms. The van der Waals surface area contributed by atoms with Crippen LogP contribution in [0.2, 0.25) is 0 Å². The molecule has 0 bridgehead atoms. The fourth-order valence-electron chi connectivity index (χ4n) is 1.46. The number of hydrogen-bond acceptors (Lipinski definition) is 3. The largest absolute Gasteiger partial charge is 0.471 e. The Morgan fingerprint density at radius 2 is 2.11 bits per heavy atom. The van der Waals surface area contributed by atoms with Gasteiger partial charge in [-0.1, -0.05) is 18.2 Å². The van der Waals surface area contributed by atoms with Crippen molar-refractivity contribution in [3.63, 3.8) is 0 Å². The summed E-state index contributed by atoms with van der Waals surface area (Å²) in [6.45, 7) is 2.74. The van der Waals surface area contributed by atoms with Crippen molar-refractivity contribution >= 4 is 5.91 Å². The summed E-state index contributed by atoms with van der Waals surface area (Å²) in [6, 6.07) is 11.1. The molecule has 0 saturated heterocycles. The van der Waals surface area contributed by atoms with Crippen molar-refractivity contribution in [3.8, 4) is 5.75 Å². The number of ether oxygens (including phenoxy) is 1. The van der Waals surface area contributed by atoms with Gasteiger partial charge >= 0.3 is 0 Å². The molecule has 2 aromatic rings. The average Bonchev–Trinajstić information content (AvgIpc) is 2.87. The average molecular weight is 245 g/mol. The monoisotopic (exact) mass is 245 g/mol. The normalized spacial score (nSPS) is 10.1. The van der Waals surface area contributed by atoms with Gasteiger partial charge in [-0.15, -0.1) is 0 Å². The Morgan fingerprint density at radius 3 is 2.83 bits per heavy atom. The molecule has 0 aliphatic rings. The van der Waals surface area contributed by atoms with Crippen LogP contribution in [0.4, 0.5) is 0 Å². The summed E-state index contributed by atoms with van der Waals surface area (Å²) in [5, 5.41) is 6.82. The highest BCUT2D eigenvalue weighted by Gasteiger charge is 2.07. The van der Waals surface area contributed by atoms with Crippen molar-refractivity contribution in [2.24, 2.45) is 0 Å². The SMILES string of the molecule is CCNC(=O)c1ccn(COc2ccccc2)n1. The van der Waals surface area contributed by atoms with Gasteiger partial charge in [0.2, 0.25) is 0 Å². The van der Waals surface area contributed by atoms with E-state index in [-0.39, 0.29) is 12.6 Å². The summed E-state index contributed by atoms with van der Waals surface area (Å²) >= 11 is 0. The lowest BCUT2D eigenvalue weighted by atomic mass is 10.3. The van der Waals surface area contributed by atoms with E-state index < -0.39 is 0 Å². The zero-order chi connectivity index (χ0) is 12.8. The molecule has 1 N–H and O–H groups in total. The second kappa shape index (κ2) is 5.86. The zero-order valence-corrected chi connectivity index (χ0v) is 10.2. The molecule has 0 unspecified atom stereocenters. The highest BCUT2D eigenvalue weighted by atomic mass is 16.5. The molecule has 1 aromatic heterocycles. The fraction of sp³-hybridized carbons (Fsp3) is 0.231. The first kappa shape index (κ1) is 12.2. The number of carbonyl (C=O) groups is 1. The standard InChI is InChI=1S/C13H15N3O2/c1-2-14-13(17)12-8-9-16(15-12)10-18-11-6-4-3-5-7-11/h3-9H,2,10H2,1H3,(H,14,17). The second-order valence-corrected chi connectivity index (χ2v) is 3.69. The molecule has 0 saturated carbocycles. The van der Waals surface area contributed by atoms with Crippen LogP contribution in [-0.2, 0) is 6.73 Å². The quantitative estimate of drug-likeness (QED) is 0.871. The van der Waals surface area contributed by atoms with Crippen molar-refractivity contribution in [2.75, 3.05) is 6.54 Å². The lowest BCUT2D eigenvalue weighted by Gasteiger charge is -2.05. The highest BCUT2D eigenvalue weighted by molar-refractivity contribution is 5.92. The number of hydrogen-bond donors (Lipinski definition) is 1. The molecule has 1 amide bonds. The third-order valence-corrected chi connectivity index (χ3v) is 2.32. The third-order valence-electron chi connectivity index (χ3n) is 2.32. The minimum Gasteiger partial charge on any atom is -0.471 e. The van der Waals surface area contributed by atoms with Crippen LogP contribution in [0, 0.1) is 0 Å². The van der Waals surface area contributed by atoms with E-state index in [1.807, 2.05) is 37.3 Å². The Bertz CT molecular complexity index is 508. The van der Waals surface area contributed by atoms with Crippen molar-refractivity contribution in [1.82, 2.24) is 15.1 Å². The predicted molar refractivity (Wildman–Crippen MR) is 67.3 cm³/mol. The molecule has 0 aliphatic carbocycles. The second-order valence-electron chi connectivity index (χ2n) is 3.69. The number of nitrogens with zero attached hydrogens (tertiary/aromatic N) is 2. The maximum absolute atomic E-state index is 11.5. The Hall–Kier alpha value is -2.30. The maximum atomic E-state index is 11.5. The number of benzene rings is 1. The minimum absolute atomic E-state index is 0.170. The first-order valence-corrected chi connectivity index (χ1v) is 5.79. The zero-order valence-electron chi connectivity index (χ0n) is 10.2. The Kier molecular flexibility index (Phi) is 3.96. The molecule has 94 valence electrons. The number of para-hydroxylation sites is 1. The molecular weight excluding hydrogens is 230 g/mol. The van der Waals surface area contributed by atoms with Crippen LogP contribution in [0.25, 0.3) is 0 Å². The molecule has 5 heteroatoms. The number of amides is 1. The van der Waals surface area contributed by atoms with Gasteiger partial charge in [-0.25, -0.2) is 4.68 Å². The molecular formula is C13H15N3O2. The van der Waals surface area contributed by atoms with E-state index >= 15 is 0 Å². The van der Waals surface area contributed by atoms with Crippen molar-refractivity contribution in [1.29, 1.82) is 0 Å². The smallest absolute Gasteiger partial charge is 0.271 e. The summed E-state index contributed by atoms with van der Waals surface area (Å²) in [4.78, 5) is 11.5. The lowest BCUT2D eigenvalue weighted by Crippen LogP contribution is -2.23. The molecule has 0 radical (unpaired) electrons. The fourth-order valence-corrected chi connectivity index (χ4v) is 1.46. The van der Waals surface area contributed by atoms with Crippen LogP contribution in [0.1, 0.15) is 17.4 Å². The summed E-state index contributed by atoms with van der Waals surface area (Å²) in [5.41, 5.74) is 0.397. The van der Waals surface area contributed by atoms with Gasteiger partial charge in [0.25, 0.3) is 5.91 Å². The third kappa shape index (κ3) is 3.10. The van der Waals surface area contributed by atoms with E-state index in [1.165, 1.54) is 0 Å². The first-order valence-electron chi connectivity index (χ1n) is 5.79. The molecule has 2 rings (SSSR count). The van der Waals surface area contributed by atoms with Crippen molar-refractivity contribution < 1.29 is 9.53 Å². The van der Waals surface area contributed by atoms with Crippen LogP contribution >= 0.6 is 0 Å². The van der Waals surface area contributed by atoms with E-state index in [0.29, 0.717) is 12.2 Å². The first-order chi connectivity index (χ1) is 8.79. The van der Waals surface area contributed by atoms with Crippen LogP contribution in [0.5, 0.6) is 5.75 Å². The Labute approximate surface area is 105 Å². The molecule has 0 fully saturated rings. The summed E-state index contributed by atoms with van der Waals surface area (Å²) in [5.74, 6) is 0.600. The van der Waals surface area contributed by atoms with Gasteiger partial charge in [0, 0.05) is 12.7 Å². The van der Waals surface area contributed by atoms with Gasteiger partial charge in [-0.05, 0) is 25.1 Å². The molecule has 5 nitrogen and oxygen atoms in total. The van der Waals surface area contributed by atoms with E-state index in [4.69, 9.17) is 4.74 Å². The molecule has 18 heavy (non-hydrogen) atoms. The summed E-state index contributed by atoms with van der Waals surface area (Å²) in [7, 11) is 0. The number of rotatable bonds is 5. The van der Waals surface area contributed by atoms with Crippen LogP contribution < -0.4 is 10.1 Å². The van der Waals surface area contributed by atoms with Gasteiger partial charge in [-0.2, -0.15) is 5.10 Å². The van der Waals surface area contributed by atoms with Crippen molar-refractivity contribution in [2.45, 2.75) is 13.7 Å². The highest BCUT2D eigenvalue weighted by Crippen LogP contribution is 2.08. The Morgan fingerprint density at radius 1 is 1.33 bits per heavy atom. The van der Waals surface area contributed by atoms with Gasteiger partial charge < -0.3 is 10.1 Å². The maximum Gasteiger partial charge on any atom is 0.271 e. The van der Waals surface area contributed by atoms with E-state index in [2.05, 4.69) is 10.4 Å². The Balaban J connectivity index is 1.93. The minimum atomic E-state index is -0.170. The topological polar surface area (TPSA) is 56.2 Å². The number of nitrogens with one attached hydrogen (secondary N) is 1. The number of carbonyl (C=O) groups excluding carboxylic acids is 1. The van der Waals surface area contributed by atoms with Gasteiger partial charge in [0.15, 0.2) is 6.73 Å². The number of aromatic nitrogens is 2. The van der Waals surface area contributed by atoms with Gasteiger partial charge in [-0.3, -0.25) is 4.79 Å². The van der Waals surface area contributed by atoms with Gasteiger partial charge in [0.1, 0.15) is 11.4 Å². The van der Waals surface area contributed by atoms with E-state index in [0.717, 1.165) is 5.75 Å². The molecule has 1 heterocycles. The van der Waals surface area contributed by atoms with Gasteiger partial charge in [0.05, 0.1) is 0 Å². The molecule has 1 aromatic carbocycles. The lowest BCUT2D eigenvalue weighted by molar-refractivity contribution is 0.0949. The van der Waals surface area contributed by atoms with E-state index in [9.17, 15) is 4.79 Å². The van der Waals surface area contributed by atoms with E-state index in [1.54, 1.807) is 16.9 Å². The molecule has 0 atom stereocenters. The predicted octanol–water partition coefficient (Wildman–Crippen LogP) is 1.67.